The Bertz CT molecular complexity index is 875. The van der Waals surface area contributed by atoms with Crippen LogP contribution >= 0.6 is 56.9 Å². The summed E-state index contributed by atoms with van der Waals surface area (Å²) in [6, 6.07) is 9.70. The summed E-state index contributed by atoms with van der Waals surface area (Å²) in [4.78, 5) is 17.0. The maximum absolute atomic E-state index is 12.9. The van der Waals surface area contributed by atoms with Crippen molar-refractivity contribution < 1.29 is 13.9 Å². The van der Waals surface area contributed by atoms with E-state index in [0.29, 0.717) is 15.8 Å². The molecule has 1 aliphatic rings. The van der Waals surface area contributed by atoms with Crippen LogP contribution < -0.4 is 10.1 Å². The summed E-state index contributed by atoms with van der Waals surface area (Å²) in [6.07, 6.45) is 1.82. The summed E-state index contributed by atoms with van der Waals surface area (Å²) in [5.41, 5.74) is 1.49. The van der Waals surface area contributed by atoms with E-state index in [9.17, 15) is 9.18 Å². The topological polar surface area (TPSA) is 50.7 Å². The minimum atomic E-state index is -0.323. The molecule has 2 aromatic carbocycles. The molecular weight excluding hydrogens is 569 g/mol. The van der Waals surface area contributed by atoms with Gasteiger partial charge in [0.2, 0.25) is 0 Å². The van der Waals surface area contributed by atoms with Gasteiger partial charge >= 0.3 is 0 Å². The number of methoxy groups -OCH3 is 1. The average molecular weight is 580 g/mol. The SMILES string of the molecule is COc1c(I)cc(/C=C2/SC(=Nc3ccc(F)cc3)NC2=O)cc1I. The number of hydrogen-bond acceptors (Lipinski definition) is 4. The van der Waals surface area contributed by atoms with Crippen LogP contribution in [0, 0.1) is 13.0 Å². The summed E-state index contributed by atoms with van der Waals surface area (Å²) < 4.78 is 20.2. The van der Waals surface area contributed by atoms with Gasteiger partial charge in [0.05, 0.1) is 24.8 Å². The van der Waals surface area contributed by atoms with Crippen LogP contribution in [0.2, 0.25) is 0 Å². The number of aliphatic imine (C=N–C) groups is 1. The number of benzene rings is 2. The van der Waals surface area contributed by atoms with E-state index in [1.165, 1.54) is 23.9 Å². The number of rotatable bonds is 3. The molecule has 25 heavy (non-hydrogen) atoms. The molecule has 8 heteroatoms. The standard InChI is InChI=1S/C17H11FI2N2O2S/c1-24-15-12(19)6-9(7-13(15)20)8-14-16(23)22-17(25-14)21-11-4-2-10(18)3-5-11/h2-8H,1H3,(H,21,22,23)/b14-8+. The first kappa shape index (κ1) is 18.6. The van der Waals surface area contributed by atoms with E-state index in [2.05, 4.69) is 55.5 Å². The van der Waals surface area contributed by atoms with Gasteiger partial charge in [0, 0.05) is 0 Å². The van der Waals surface area contributed by atoms with E-state index >= 15 is 0 Å². The summed E-state index contributed by atoms with van der Waals surface area (Å²) in [5.74, 6) is 0.300. The van der Waals surface area contributed by atoms with Crippen molar-refractivity contribution in [3.63, 3.8) is 0 Å². The van der Waals surface area contributed by atoms with Crippen LogP contribution in [0.5, 0.6) is 5.75 Å². The van der Waals surface area contributed by atoms with Gasteiger partial charge in [-0.15, -0.1) is 0 Å². The van der Waals surface area contributed by atoms with Gasteiger partial charge in [0.15, 0.2) is 5.17 Å². The lowest BCUT2D eigenvalue weighted by Crippen LogP contribution is -2.19. The molecule has 0 atom stereocenters. The fraction of sp³-hybridized carbons (Fsp3) is 0.0588. The van der Waals surface area contributed by atoms with Crippen LogP contribution in [0.3, 0.4) is 0 Å². The number of thioether (sulfide) groups is 1. The first-order chi connectivity index (χ1) is 12.0. The number of nitrogens with zero attached hydrogens (tertiary/aromatic N) is 1. The molecule has 1 fully saturated rings. The first-order valence-electron chi connectivity index (χ1n) is 7.04. The second-order valence-electron chi connectivity index (χ2n) is 4.98. The number of amidine groups is 1. The fourth-order valence-corrected chi connectivity index (χ4v) is 5.22. The number of carbonyl (C=O) groups is 1. The minimum absolute atomic E-state index is 0.202. The lowest BCUT2D eigenvalue weighted by Gasteiger charge is -2.07. The molecule has 128 valence electrons. The van der Waals surface area contributed by atoms with Gasteiger partial charge in [0.25, 0.3) is 5.91 Å². The van der Waals surface area contributed by atoms with E-state index in [-0.39, 0.29) is 11.7 Å². The molecule has 0 bridgehead atoms. The second kappa shape index (κ2) is 8.04. The molecule has 4 nitrogen and oxygen atoms in total. The third-order valence-corrected chi connectivity index (χ3v) is 5.74. The van der Waals surface area contributed by atoms with E-state index in [1.807, 2.05) is 18.2 Å². The summed E-state index contributed by atoms with van der Waals surface area (Å²) in [5, 5.41) is 3.20. The van der Waals surface area contributed by atoms with Crippen molar-refractivity contribution in [1.82, 2.24) is 5.32 Å². The zero-order valence-corrected chi connectivity index (χ0v) is 18.0. The van der Waals surface area contributed by atoms with Gasteiger partial charge in [-0.05, 0) is 105 Å². The second-order valence-corrected chi connectivity index (χ2v) is 8.33. The zero-order chi connectivity index (χ0) is 18.0. The Hall–Kier alpha value is -1.14. The molecule has 1 heterocycles. The molecule has 1 amide bonds. The van der Waals surface area contributed by atoms with Crippen molar-refractivity contribution in [2.75, 3.05) is 7.11 Å². The fourth-order valence-electron chi connectivity index (χ4n) is 2.12. The first-order valence-corrected chi connectivity index (χ1v) is 10.0. The summed E-state index contributed by atoms with van der Waals surface area (Å²) in [7, 11) is 1.64. The quantitative estimate of drug-likeness (QED) is 0.414. The molecular formula is C17H11FI2N2O2S. The summed E-state index contributed by atoms with van der Waals surface area (Å²) >= 11 is 5.66. The van der Waals surface area contributed by atoms with Crippen molar-refractivity contribution in [3.05, 3.63) is 59.8 Å². The highest BCUT2D eigenvalue weighted by Crippen LogP contribution is 2.32. The van der Waals surface area contributed by atoms with Gasteiger partial charge in [-0.25, -0.2) is 9.38 Å². The highest BCUT2D eigenvalue weighted by molar-refractivity contribution is 14.1. The van der Waals surface area contributed by atoms with Crippen LogP contribution in [0.15, 0.2) is 46.3 Å². The normalized spacial score (nSPS) is 17.2. The number of carbonyl (C=O) groups excluding carboxylic acids is 1. The van der Waals surface area contributed by atoms with E-state index in [0.717, 1.165) is 18.5 Å². The van der Waals surface area contributed by atoms with Crippen LogP contribution in [0.4, 0.5) is 10.1 Å². The Labute approximate surface area is 175 Å². The van der Waals surface area contributed by atoms with Crippen molar-refractivity contribution in [2.24, 2.45) is 4.99 Å². The van der Waals surface area contributed by atoms with E-state index < -0.39 is 0 Å². The molecule has 0 spiro atoms. The molecule has 0 saturated carbocycles. The van der Waals surface area contributed by atoms with Crippen LogP contribution in [-0.4, -0.2) is 18.2 Å². The molecule has 0 aliphatic carbocycles. The van der Waals surface area contributed by atoms with E-state index in [4.69, 9.17) is 4.74 Å². The summed E-state index contributed by atoms with van der Waals surface area (Å²) in [6.45, 7) is 0. The van der Waals surface area contributed by atoms with E-state index in [1.54, 1.807) is 19.2 Å². The Balaban J connectivity index is 1.85. The monoisotopic (exact) mass is 580 g/mol. The molecule has 0 unspecified atom stereocenters. The lowest BCUT2D eigenvalue weighted by atomic mass is 10.2. The van der Waals surface area contributed by atoms with Gasteiger partial charge < -0.3 is 10.1 Å². The highest BCUT2D eigenvalue weighted by atomic mass is 127. The lowest BCUT2D eigenvalue weighted by molar-refractivity contribution is -0.115. The smallest absolute Gasteiger partial charge is 0.264 e. The van der Waals surface area contributed by atoms with Crippen molar-refractivity contribution in [2.45, 2.75) is 0 Å². The van der Waals surface area contributed by atoms with Crippen LogP contribution in [0.1, 0.15) is 5.56 Å². The Morgan fingerprint density at radius 1 is 1.20 bits per heavy atom. The number of ether oxygens (including phenoxy) is 1. The average Bonchev–Trinajstić information content (AvgIpc) is 2.89. The molecule has 3 rings (SSSR count). The Kier molecular flexibility index (Phi) is 6.00. The van der Waals surface area contributed by atoms with Crippen molar-refractivity contribution in [3.8, 4) is 5.75 Å². The van der Waals surface area contributed by atoms with Crippen LogP contribution in [-0.2, 0) is 4.79 Å². The van der Waals surface area contributed by atoms with Gasteiger partial charge in [-0.3, -0.25) is 4.79 Å². The molecule has 1 saturated heterocycles. The molecule has 0 aromatic heterocycles. The van der Waals surface area contributed by atoms with Gasteiger partial charge in [0.1, 0.15) is 11.6 Å². The highest BCUT2D eigenvalue weighted by Gasteiger charge is 2.24. The van der Waals surface area contributed by atoms with Crippen molar-refractivity contribution in [1.29, 1.82) is 0 Å². The largest absolute Gasteiger partial charge is 0.495 e. The Morgan fingerprint density at radius 3 is 2.44 bits per heavy atom. The molecule has 1 N–H and O–H groups in total. The number of hydrogen-bond donors (Lipinski definition) is 1. The number of nitrogens with one attached hydrogen (secondary N) is 1. The molecule has 1 aliphatic heterocycles. The minimum Gasteiger partial charge on any atom is -0.495 e. The van der Waals surface area contributed by atoms with Gasteiger partial charge in [-0.1, -0.05) is 0 Å². The maximum Gasteiger partial charge on any atom is 0.264 e. The predicted octanol–water partition coefficient (Wildman–Crippen LogP) is 4.94. The Morgan fingerprint density at radius 2 is 1.84 bits per heavy atom. The third-order valence-electron chi connectivity index (χ3n) is 3.23. The number of halogens is 3. The number of amides is 1. The molecule has 2 aromatic rings. The van der Waals surface area contributed by atoms with Gasteiger partial charge in [-0.2, -0.15) is 0 Å². The van der Waals surface area contributed by atoms with Crippen LogP contribution in [0.25, 0.3) is 6.08 Å². The van der Waals surface area contributed by atoms with Crippen molar-refractivity contribution >= 4 is 79.8 Å². The predicted molar refractivity (Wildman–Crippen MR) is 116 cm³/mol. The zero-order valence-electron chi connectivity index (χ0n) is 12.8. The molecule has 0 radical (unpaired) electrons. The third kappa shape index (κ3) is 4.53. The maximum atomic E-state index is 12.9.